The third-order valence-corrected chi connectivity index (χ3v) is 24.6. The molecule has 6 amide bonds. The predicted molar refractivity (Wildman–Crippen MR) is 330 cm³/mol. The van der Waals surface area contributed by atoms with Crippen LogP contribution >= 0.6 is 0 Å². The normalized spacial score (nSPS) is 41.9. The molecule has 12 aliphatic carbocycles. The fraction of sp³-hybridized carbons (Fsp3) is 0.815. The molecular weight excluding hydrogens is 1170 g/mol. The van der Waals surface area contributed by atoms with Gasteiger partial charge in [0.25, 0.3) is 0 Å². The van der Waals surface area contributed by atoms with E-state index in [2.05, 4.69) is 49.4 Å². The molecule has 4 saturated heterocycles. The number of cyclic esters (lactones) is 4. The quantitative estimate of drug-likeness (QED) is 0.0832. The lowest BCUT2D eigenvalue weighted by Gasteiger charge is -2.63. The summed E-state index contributed by atoms with van der Waals surface area (Å²) in [6.07, 6.45) is 21.4. The van der Waals surface area contributed by atoms with E-state index in [9.17, 15) is 67.7 Å². The number of likely N-dealkylation sites (tertiary alicyclic amines) is 2. The minimum atomic E-state index is -1.19. The van der Waals surface area contributed by atoms with Crippen LogP contribution < -0.4 is 22.1 Å². The van der Waals surface area contributed by atoms with Crippen molar-refractivity contribution in [3.8, 4) is 0 Å². The number of esters is 4. The van der Waals surface area contributed by atoms with E-state index in [1.54, 1.807) is 65.2 Å². The van der Waals surface area contributed by atoms with Gasteiger partial charge in [-0.2, -0.15) is 0 Å². The fourth-order valence-electron chi connectivity index (χ4n) is 20.7. The maximum absolute atomic E-state index is 12.2. The molecule has 16 rings (SSSR count). The van der Waals surface area contributed by atoms with Crippen molar-refractivity contribution in [3.63, 3.8) is 0 Å². The van der Waals surface area contributed by atoms with Gasteiger partial charge in [-0.1, -0.05) is 60.3 Å². The number of nitrogens with zero attached hydrogens (tertiary/aromatic N) is 2. The molecule has 0 aromatic rings. The van der Waals surface area contributed by atoms with Gasteiger partial charge in [-0.15, -0.1) is 0 Å². The van der Waals surface area contributed by atoms with E-state index >= 15 is 0 Å². The molecule has 16 aliphatic rings. The van der Waals surface area contributed by atoms with Gasteiger partial charge in [-0.25, -0.2) is 0 Å². The Balaban J connectivity index is 0.000000175. The zero-order valence-corrected chi connectivity index (χ0v) is 53.1. The number of imide groups is 2. The summed E-state index contributed by atoms with van der Waals surface area (Å²) in [4.78, 5) is 143. The predicted octanol–water partition coefficient (Wildman–Crippen LogP) is 1.97. The molecule has 16 fully saturated rings. The van der Waals surface area contributed by atoms with Gasteiger partial charge in [-0.3, -0.25) is 67.3 Å². The second kappa shape index (κ2) is 30.2. The summed E-state index contributed by atoms with van der Waals surface area (Å²) >= 11 is 0. The van der Waals surface area contributed by atoms with Crippen molar-refractivity contribution in [2.45, 2.75) is 132 Å². The Bertz CT molecular complexity index is 2580. The molecule has 4 aliphatic heterocycles. The summed E-state index contributed by atoms with van der Waals surface area (Å²) in [5.74, 6) is -5.23. The molecule has 12 N–H and O–H groups in total. The number of hydrogen-bond donors (Lipinski definition) is 6. The molecule has 4 heterocycles. The Morgan fingerprint density at radius 1 is 0.495 bits per heavy atom. The number of hydrogen-bond acceptors (Lipinski definition) is 16. The summed E-state index contributed by atoms with van der Waals surface area (Å²) in [7, 11) is 10.9. The molecule has 4 radical (unpaired) electrons. The van der Waals surface area contributed by atoms with Crippen LogP contribution in [0.25, 0.3) is 0 Å². The average molecular weight is 1280 g/mol. The van der Waals surface area contributed by atoms with Crippen LogP contribution in [0.1, 0.15) is 132 Å². The maximum Gasteiger partial charge on any atom is 0.317 e. The molecule has 504 valence electrons. The molecule has 26 heteroatoms. The molecule has 0 spiro atoms. The Morgan fingerprint density at radius 3 is 1.07 bits per heavy atom. The first-order valence-electron chi connectivity index (χ1n) is 32.9. The standard InChI is InChI=1S/C13H18N2O6.C13H14N2O4.C10H6O6.2C9H16.C8H15N.C2H7N.CH4.B2.2H2O/c1-3-15-11(17)7-4-5(9(7)13(20)21)8(12(18)19)6(4)10(16)14-2;1-3-15-12(18)8-4-5(9(8)13(15)19)7-6(4)10(16)14(2)11(7)17;11-7-3-1-2(5(3)9(13)15-7)6-4(1)8(12)16-10(6)14;2*1-2-8-5-7-3-4-9(8)6-7;9-5-8-4-6-1-2-7(8)3-6;1-2-3;;1-2;;/h4-9H,3H2,1-2H3,(H,14,16)(H,15,17)(H,18,19)(H,20,21);4-9H,3H2,1-2H3;1-6H;2*7-9H,2-6H2,1H3;6-8H,1-5,9H2;2-3H2,1H3;1H4;;2*1H2. The van der Waals surface area contributed by atoms with Crippen molar-refractivity contribution in [2.24, 2.45) is 171 Å². The number of aliphatic carboxylic acids is 2. The van der Waals surface area contributed by atoms with Crippen LogP contribution in [0, 0.1) is 160 Å². The lowest BCUT2D eigenvalue weighted by Crippen LogP contribution is -2.73. The number of rotatable bonds is 9. The zero-order valence-electron chi connectivity index (χ0n) is 53.1. The minimum Gasteiger partial charge on any atom is -0.481 e. The van der Waals surface area contributed by atoms with E-state index in [0.29, 0.717) is 13.1 Å². The molecule has 0 aromatic heterocycles. The lowest BCUT2D eigenvalue weighted by molar-refractivity contribution is -0.222. The minimum absolute atomic E-state index is 0. The molecule has 25 unspecified atom stereocenters. The second-order valence-corrected chi connectivity index (χ2v) is 27.9. The van der Waals surface area contributed by atoms with Gasteiger partial charge in [0.1, 0.15) is 0 Å². The monoisotopic (exact) mass is 1270 g/mol. The number of carbonyl (C=O) groups excluding carboxylic acids is 10. The fourth-order valence-corrected chi connectivity index (χ4v) is 20.7. The van der Waals surface area contributed by atoms with Crippen LogP contribution in [0.5, 0.6) is 0 Å². The van der Waals surface area contributed by atoms with Crippen molar-refractivity contribution in [3.05, 3.63) is 0 Å². The van der Waals surface area contributed by atoms with Gasteiger partial charge < -0.3 is 52.7 Å². The van der Waals surface area contributed by atoms with E-state index in [1.807, 2.05) is 6.92 Å². The number of carbonyl (C=O) groups is 12. The molecule has 0 aromatic carbocycles. The van der Waals surface area contributed by atoms with Crippen molar-refractivity contribution < 1.29 is 88.2 Å². The third-order valence-electron chi connectivity index (χ3n) is 24.6. The summed E-state index contributed by atoms with van der Waals surface area (Å²) in [5, 5.41) is 23.4. The Labute approximate surface area is 536 Å². The summed E-state index contributed by atoms with van der Waals surface area (Å²) in [5.41, 5.74) is 10.5. The molecule has 24 nitrogen and oxygen atoms in total. The van der Waals surface area contributed by atoms with Gasteiger partial charge >= 0.3 is 35.8 Å². The van der Waals surface area contributed by atoms with Gasteiger partial charge in [0.2, 0.25) is 35.4 Å². The SMILES string of the molecule is C.CCC1CC2CCC1C2.CCC1CC2CCC1C2.CCN.CCN1C(=O)C2C(C1=O)C1C3C(=O)N(C)C(=O)C3C21.CCNC(=O)C1C(C(=O)O)C2C(C(=O)O)C(C(=O)NC)C12.NCC1CC2CCC1C2.O.O.O=C1OC(=O)C2C1C1C3C(=O)OC(=O)C3C21.[B][B]. The van der Waals surface area contributed by atoms with Crippen LogP contribution in [0.3, 0.4) is 0 Å². The highest BCUT2D eigenvalue weighted by atomic mass is 16.6. The van der Waals surface area contributed by atoms with Gasteiger partial charge in [-0.05, 0) is 173 Å². The summed E-state index contributed by atoms with van der Waals surface area (Å²) < 4.78 is 9.05. The first kappa shape index (κ1) is 74.4. The number of nitrogens with one attached hydrogen (secondary N) is 2. The summed E-state index contributed by atoms with van der Waals surface area (Å²) in [6.45, 7) is 12.5. The number of carboxylic acid groups (broad SMARTS) is 2. The van der Waals surface area contributed by atoms with Crippen LogP contribution in [0.2, 0.25) is 0 Å². The van der Waals surface area contributed by atoms with E-state index < -0.39 is 107 Å². The average Bonchev–Trinajstić information content (AvgIpc) is 1.61. The molecule has 25 atom stereocenters. The van der Waals surface area contributed by atoms with E-state index in [4.69, 9.17) is 11.5 Å². The Morgan fingerprint density at radius 2 is 0.813 bits per heavy atom. The van der Waals surface area contributed by atoms with Crippen molar-refractivity contribution >= 4 is 86.7 Å². The van der Waals surface area contributed by atoms with Crippen LogP contribution in [0.4, 0.5) is 0 Å². The highest BCUT2D eigenvalue weighted by molar-refractivity contribution is 6.75. The first-order valence-corrected chi connectivity index (χ1v) is 32.9. The molecule has 91 heavy (non-hydrogen) atoms. The van der Waals surface area contributed by atoms with Crippen LogP contribution in [-0.2, 0) is 67.0 Å². The highest BCUT2D eigenvalue weighted by Gasteiger charge is 2.81. The Kier molecular flexibility index (Phi) is 24.7. The number of carboxylic acids is 2. The first-order chi connectivity index (χ1) is 42.1. The van der Waals surface area contributed by atoms with Crippen molar-refractivity contribution in [2.75, 3.05) is 40.3 Å². The topological polar surface area (TPSA) is 409 Å². The van der Waals surface area contributed by atoms with E-state index in [0.717, 1.165) is 71.3 Å². The lowest BCUT2D eigenvalue weighted by atomic mass is 9.37. The second-order valence-electron chi connectivity index (χ2n) is 27.9. The number of fused-ring (bicyclic) bond motifs is 21. The summed E-state index contributed by atoms with van der Waals surface area (Å²) in [6, 6.07) is 0. The largest absolute Gasteiger partial charge is 0.481 e. The van der Waals surface area contributed by atoms with Gasteiger partial charge in [0, 0.05) is 42.7 Å². The van der Waals surface area contributed by atoms with E-state index in [1.165, 1.54) is 57.5 Å². The number of nitrogens with two attached hydrogens (primary N) is 2. The zero-order chi connectivity index (χ0) is 64.2. The molecule has 12 saturated carbocycles. The maximum atomic E-state index is 12.2. The van der Waals surface area contributed by atoms with Crippen molar-refractivity contribution in [1.82, 2.24) is 20.4 Å². The smallest absolute Gasteiger partial charge is 0.317 e. The third kappa shape index (κ3) is 12.5. The highest BCUT2D eigenvalue weighted by Crippen LogP contribution is 2.71. The van der Waals surface area contributed by atoms with Gasteiger partial charge in [0.15, 0.2) is 0 Å². The van der Waals surface area contributed by atoms with Crippen LogP contribution in [-0.4, -0.2) is 158 Å². The van der Waals surface area contributed by atoms with Crippen LogP contribution in [0.15, 0.2) is 0 Å². The Hall–Kier alpha value is -5.59. The van der Waals surface area contributed by atoms with Gasteiger partial charge in [0.05, 0.1) is 71.0 Å². The van der Waals surface area contributed by atoms with E-state index in [-0.39, 0.29) is 89.4 Å². The van der Waals surface area contributed by atoms with Crippen molar-refractivity contribution in [1.29, 1.82) is 0 Å². The number of ether oxygens (including phenoxy) is 2. The molecule has 6 bridgehead atoms. The molecular formula is C65H100B2N6O18. The number of amides is 6.